The fourth-order valence-corrected chi connectivity index (χ4v) is 16.6. The quantitative estimate of drug-likeness (QED) is 0.142. The molecule has 0 unspecified atom stereocenters. The minimum atomic E-state index is 0.809. The van der Waals surface area contributed by atoms with Crippen LogP contribution in [0.5, 0.6) is 0 Å². The highest BCUT2D eigenvalue weighted by Crippen LogP contribution is 2.48. The number of fused-ring (bicyclic) bond motifs is 19. The number of hydrogen-bond acceptors (Lipinski definition) is 4. The first-order valence-electron chi connectivity index (χ1n) is 34.8. The van der Waals surface area contributed by atoms with E-state index < -0.39 is 0 Å². The minimum Gasteiger partial charge on any atom is -0.464 e. The molecule has 4 nitrogen and oxygen atoms in total. The van der Waals surface area contributed by atoms with E-state index in [1.165, 1.54) is 98.4 Å². The first kappa shape index (κ1) is 58.8. The van der Waals surface area contributed by atoms with Crippen molar-refractivity contribution < 1.29 is 17.7 Å². The Morgan fingerprint density at radius 2 is 0.900 bits per heavy atom. The minimum absolute atomic E-state index is 0.809. The summed E-state index contributed by atoms with van der Waals surface area (Å²) >= 11 is 0. The van der Waals surface area contributed by atoms with Crippen LogP contribution in [0.2, 0.25) is 0 Å². The molecule has 0 saturated carbocycles. The molecule has 0 spiro atoms. The Kier molecular flexibility index (Phi) is 14.3. The summed E-state index contributed by atoms with van der Waals surface area (Å²) < 4.78 is 26.0. The van der Waals surface area contributed by atoms with Crippen LogP contribution in [-0.2, 0) is 6.42 Å². The lowest BCUT2D eigenvalue weighted by Crippen LogP contribution is -2.33. The zero-order valence-corrected chi connectivity index (χ0v) is 55.2. The van der Waals surface area contributed by atoms with Gasteiger partial charge in [-0.05, 0) is 214 Å². The first-order valence-corrected chi connectivity index (χ1v) is 34.8. The van der Waals surface area contributed by atoms with Gasteiger partial charge in [0.05, 0.1) is 11.6 Å². The van der Waals surface area contributed by atoms with Crippen LogP contribution in [0.1, 0.15) is 65.7 Å². The van der Waals surface area contributed by atoms with Gasteiger partial charge in [0.1, 0.15) is 39.3 Å². The van der Waals surface area contributed by atoms with Crippen LogP contribution >= 0.6 is 0 Å². The third-order valence-corrected chi connectivity index (χ3v) is 21.0. The molecular formula is C96H66O4. The lowest BCUT2D eigenvalue weighted by molar-refractivity contribution is 0.594. The van der Waals surface area contributed by atoms with Crippen molar-refractivity contribution in [1.82, 2.24) is 0 Å². The van der Waals surface area contributed by atoms with Gasteiger partial charge in [-0.25, -0.2) is 0 Å². The fraction of sp³-hybridized carbons (Fsp3) is 0.0625. The summed E-state index contributed by atoms with van der Waals surface area (Å²) in [6.45, 7) is 8.60. The Morgan fingerprint density at radius 1 is 0.330 bits per heavy atom. The lowest BCUT2D eigenvalue weighted by atomic mass is 9.82. The fourth-order valence-electron chi connectivity index (χ4n) is 16.6. The number of para-hydroxylation sites is 2. The van der Waals surface area contributed by atoms with E-state index >= 15 is 0 Å². The van der Waals surface area contributed by atoms with E-state index in [0.717, 1.165) is 149 Å². The van der Waals surface area contributed by atoms with Crippen LogP contribution in [0.4, 0.5) is 0 Å². The predicted molar refractivity (Wildman–Crippen MR) is 423 cm³/mol. The molecule has 3 aliphatic carbocycles. The van der Waals surface area contributed by atoms with E-state index in [1.54, 1.807) is 6.26 Å². The van der Waals surface area contributed by atoms with Gasteiger partial charge in [-0.2, -0.15) is 0 Å². The Balaban J connectivity index is 0.000000139. The zero-order chi connectivity index (χ0) is 66.4. The molecule has 0 atom stereocenters. The molecule has 4 aromatic heterocycles. The van der Waals surface area contributed by atoms with Crippen LogP contribution in [0.3, 0.4) is 0 Å². The average molecular weight is 1280 g/mol. The molecule has 100 heavy (non-hydrogen) atoms. The van der Waals surface area contributed by atoms with E-state index in [0.29, 0.717) is 0 Å². The molecule has 4 heterocycles. The number of hydrogen-bond donors (Lipinski definition) is 0. The molecule has 0 radical (unpaired) electrons. The number of benzene rings is 13. The van der Waals surface area contributed by atoms with Gasteiger partial charge >= 0.3 is 0 Å². The van der Waals surface area contributed by atoms with Gasteiger partial charge in [-0.15, -0.1) is 0 Å². The van der Waals surface area contributed by atoms with Crippen LogP contribution in [0.15, 0.2) is 304 Å². The van der Waals surface area contributed by atoms with E-state index in [1.807, 2.05) is 36.4 Å². The van der Waals surface area contributed by atoms with Gasteiger partial charge in [0.2, 0.25) is 0 Å². The van der Waals surface area contributed by atoms with Gasteiger partial charge in [0, 0.05) is 43.3 Å². The molecule has 0 aliphatic heterocycles. The van der Waals surface area contributed by atoms with Crippen molar-refractivity contribution in [2.45, 2.75) is 38.5 Å². The highest BCUT2D eigenvalue weighted by molar-refractivity contribution is 6.25. The van der Waals surface area contributed by atoms with Gasteiger partial charge in [-0.3, -0.25) is 0 Å². The summed E-state index contributed by atoms with van der Waals surface area (Å²) in [5.41, 5.74) is 23.4. The van der Waals surface area contributed by atoms with Crippen molar-refractivity contribution in [2.75, 3.05) is 0 Å². The highest BCUT2D eigenvalue weighted by atomic mass is 16.3. The molecule has 0 saturated heterocycles. The summed E-state index contributed by atoms with van der Waals surface area (Å²) in [7, 11) is 0. The number of allylic oxidation sites excluding steroid dienone is 5. The van der Waals surface area contributed by atoms with Crippen molar-refractivity contribution in [3.63, 3.8) is 0 Å². The number of furan rings is 3. The molecule has 17 aromatic rings. The van der Waals surface area contributed by atoms with Gasteiger partial charge < -0.3 is 17.7 Å². The van der Waals surface area contributed by atoms with Gasteiger partial charge in [0.15, 0.2) is 0 Å². The zero-order valence-electron chi connectivity index (χ0n) is 55.2. The molecule has 0 N–H and O–H groups in total. The Bertz CT molecular complexity index is 6550. The topological polar surface area (TPSA) is 52.6 Å². The Labute approximate surface area is 578 Å². The van der Waals surface area contributed by atoms with Gasteiger partial charge in [0.25, 0.3) is 0 Å². The van der Waals surface area contributed by atoms with Crippen molar-refractivity contribution in [3.05, 3.63) is 330 Å². The molecule has 20 rings (SSSR count). The molecule has 0 fully saturated rings. The second kappa shape index (κ2) is 24.2. The lowest BCUT2D eigenvalue weighted by Gasteiger charge is -2.22. The normalized spacial score (nSPS) is 13.5. The molecular weight excluding hydrogens is 1220 g/mol. The largest absolute Gasteiger partial charge is 0.464 e. The maximum atomic E-state index is 6.61. The standard InChI is InChI=1S/C48H30O2.C48H36O2/c1-2-13-29(14-3-1)46-34-19-4-6-21-36(34)47(37-22-7-5-20-35(37)46)31-16-12-15-30(25-31)38-26-41-33-18-9-11-24-44(33)50-48(41)42-28-45-40(27-39(38)42)32-17-8-10-23-43(32)49-45;1-3-35-36(4-2)45(38-22-9-8-21-37(38)44(35)32-16-6-5-7-17-32)34-19-14-18-33(30-34)31-20-15-29-49-47-40-24-11-10-23-39(40)46-41-25-12-13-26-43(41)50-48(46)42(47)28-27-31/h1-11,13-15,17-28H,12,16H2;3-7,10-11,13-24,26-30H,1-2,8-9,12,25H2. The molecule has 4 heteroatoms. The Hall–Kier alpha value is -12.5. The summed E-state index contributed by atoms with van der Waals surface area (Å²) in [6, 6.07) is 88.8. The maximum Gasteiger partial charge on any atom is 0.146 e. The second-order valence-corrected chi connectivity index (χ2v) is 26.5. The second-order valence-electron chi connectivity index (χ2n) is 26.5. The van der Waals surface area contributed by atoms with Crippen molar-refractivity contribution in [3.8, 4) is 44.5 Å². The SMILES string of the molecule is C1=C(c2c3ccccc3c(-c3ccccc3)c3ccccc23)CCC=C1c1cc2c3ccccc3oc2c2cc3oc4ccccc4c3cc12.C=Cc1c(C=C)c(-c2cccc(-c3cccoc4c5ccccc5c5c6c(oc5c4cc3)C=CCC6)c2)c2c(c1-c1ccccc1)=CCCC=2. The maximum absolute atomic E-state index is 6.61. The summed E-state index contributed by atoms with van der Waals surface area (Å²) in [4.78, 5) is 0. The number of aryl methyl sites for hydroxylation is 1. The first-order chi connectivity index (χ1) is 49.5. The molecule has 3 aliphatic rings. The monoisotopic (exact) mass is 1280 g/mol. The summed E-state index contributed by atoms with van der Waals surface area (Å²) in [6.07, 6.45) is 25.7. The van der Waals surface area contributed by atoms with Crippen LogP contribution in [0.25, 0.3) is 195 Å². The van der Waals surface area contributed by atoms with Gasteiger partial charge in [-0.1, -0.05) is 256 Å². The molecule has 474 valence electrons. The molecule has 0 bridgehead atoms. The van der Waals surface area contributed by atoms with E-state index in [4.69, 9.17) is 17.7 Å². The Morgan fingerprint density at radius 3 is 1.60 bits per heavy atom. The van der Waals surface area contributed by atoms with Crippen LogP contribution < -0.4 is 10.4 Å². The van der Waals surface area contributed by atoms with E-state index in [-0.39, 0.29) is 0 Å². The van der Waals surface area contributed by atoms with Crippen LogP contribution in [-0.4, -0.2) is 0 Å². The molecule has 13 aromatic carbocycles. The smallest absolute Gasteiger partial charge is 0.146 e. The predicted octanol–water partition coefficient (Wildman–Crippen LogP) is 25.9. The summed E-state index contributed by atoms with van der Waals surface area (Å²) in [5.74, 6) is 0.949. The van der Waals surface area contributed by atoms with Crippen molar-refractivity contribution >= 4 is 150 Å². The highest BCUT2D eigenvalue weighted by Gasteiger charge is 2.26. The number of rotatable bonds is 8. The van der Waals surface area contributed by atoms with E-state index in [9.17, 15) is 0 Å². The van der Waals surface area contributed by atoms with E-state index in [2.05, 4.69) is 274 Å². The third kappa shape index (κ3) is 9.58. The third-order valence-electron chi connectivity index (χ3n) is 21.0. The molecule has 0 amide bonds. The summed E-state index contributed by atoms with van der Waals surface area (Å²) in [5, 5.41) is 18.9. The average Bonchev–Trinajstić information content (AvgIpc) is 1.34. The van der Waals surface area contributed by atoms with Crippen molar-refractivity contribution in [2.24, 2.45) is 0 Å². The van der Waals surface area contributed by atoms with Crippen molar-refractivity contribution in [1.29, 1.82) is 0 Å². The van der Waals surface area contributed by atoms with Crippen LogP contribution in [0, 0.1) is 0 Å².